The molecule has 3 amide bonds. The molecule has 0 spiro atoms. The van der Waals surface area contributed by atoms with Gasteiger partial charge < -0.3 is 15.4 Å². The van der Waals surface area contributed by atoms with Gasteiger partial charge in [0.2, 0.25) is 11.8 Å². The fraction of sp³-hybridized carbons (Fsp3) is 0.438. The number of fused-ring (bicyclic) bond motifs is 1. The van der Waals surface area contributed by atoms with E-state index in [-0.39, 0.29) is 29.9 Å². The highest BCUT2D eigenvalue weighted by atomic mass is 32.2. The summed E-state index contributed by atoms with van der Waals surface area (Å²) in [4.78, 5) is 51.9. The van der Waals surface area contributed by atoms with E-state index in [1.807, 2.05) is 0 Å². The van der Waals surface area contributed by atoms with Crippen LogP contribution in [0.15, 0.2) is 4.99 Å². The molecule has 1 aliphatic carbocycles. The lowest BCUT2D eigenvalue weighted by atomic mass is 10.1. The quantitative estimate of drug-likeness (QED) is 0.577. The summed E-state index contributed by atoms with van der Waals surface area (Å²) in [5.41, 5.74) is 1.41. The third-order valence-electron chi connectivity index (χ3n) is 3.78. The van der Waals surface area contributed by atoms with Crippen molar-refractivity contribution >= 4 is 57.0 Å². The van der Waals surface area contributed by atoms with E-state index < -0.39 is 17.8 Å². The molecule has 0 unspecified atom stereocenters. The van der Waals surface area contributed by atoms with Crippen LogP contribution in [0.25, 0.3) is 0 Å². The van der Waals surface area contributed by atoms with E-state index in [0.29, 0.717) is 10.6 Å². The molecular weight excluding hydrogens is 378 g/mol. The van der Waals surface area contributed by atoms with Crippen molar-refractivity contribution in [3.05, 3.63) is 16.0 Å². The fourth-order valence-corrected chi connectivity index (χ4v) is 4.74. The van der Waals surface area contributed by atoms with Gasteiger partial charge in [-0.15, -0.1) is 11.3 Å². The number of aryl methyl sites for hydroxylation is 1. The van der Waals surface area contributed by atoms with Gasteiger partial charge in [0.25, 0.3) is 5.91 Å². The Hall–Kier alpha value is -2.20. The van der Waals surface area contributed by atoms with Gasteiger partial charge >= 0.3 is 5.97 Å². The molecule has 0 saturated carbocycles. The van der Waals surface area contributed by atoms with E-state index in [4.69, 9.17) is 4.74 Å². The van der Waals surface area contributed by atoms with Gasteiger partial charge in [-0.3, -0.25) is 14.4 Å². The van der Waals surface area contributed by atoms with Gasteiger partial charge in [-0.1, -0.05) is 11.8 Å². The van der Waals surface area contributed by atoms with Crippen LogP contribution in [0.1, 0.15) is 40.6 Å². The van der Waals surface area contributed by atoms with Crippen molar-refractivity contribution in [3.8, 4) is 0 Å². The summed E-state index contributed by atoms with van der Waals surface area (Å²) in [5, 5.41) is 5.79. The zero-order valence-electron chi connectivity index (χ0n) is 14.0. The number of esters is 1. The van der Waals surface area contributed by atoms with Crippen LogP contribution in [-0.2, 0) is 32.0 Å². The molecule has 2 heterocycles. The first-order chi connectivity index (χ1) is 12.5. The minimum absolute atomic E-state index is 0.0444. The number of thioether (sulfide) groups is 1. The van der Waals surface area contributed by atoms with Gasteiger partial charge in [-0.2, -0.15) is 4.99 Å². The topological polar surface area (TPSA) is 114 Å². The summed E-state index contributed by atoms with van der Waals surface area (Å²) in [5.74, 6) is -1.79. The van der Waals surface area contributed by atoms with Crippen molar-refractivity contribution in [2.24, 2.45) is 4.99 Å². The number of hydrogen-bond acceptors (Lipinski definition) is 7. The molecule has 26 heavy (non-hydrogen) atoms. The number of rotatable bonds is 5. The summed E-state index contributed by atoms with van der Waals surface area (Å²) in [6, 6.07) is 0. The summed E-state index contributed by atoms with van der Waals surface area (Å²) >= 11 is 2.36. The molecule has 1 aromatic heterocycles. The Morgan fingerprint density at radius 3 is 2.88 bits per heavy atom. The van der Waals surface area contributed by atoms with Crippen LogP contribution in [-0.4, -0.2) is 41.2 Å². The molecule has 0 aromatic carbocycles. The average molecular weight is 395 g/mol. The SMILES string of the molecule is CCOC(=O)c1c(NC(=O)CSC2=NC(=O)CC(=O)N2)sc2c1CCC2. The number of thiophene rings is 1. The lowest BCUT2D eigenvalue weighted by molar-refractivity contribution is -0.127. The van der Waals surface area contributed by atoms with E-state index in [9.17, 15) is 19.2 Å². The van der Waals surface area contributed by atoms with E-state index in [0.717, 1.165) is 41.5 Å². The predicted octanol–water partition coefficient (Wildman–Crippen LogP) is 1.49. The third-order valence-corrected chi connectivity index (χ3v) is 5.86. The normalized spacial score (nSPS) is 16.0. The zero-order chi connectivity index (χ0) is 18.7. The average Bonchev–Trinajstić information content (AvgIpc) is 3.12. The monoisotopic (exact) mass is 395 g/mol. The number of aliphatic imine (C=N–C) groups is 1. The number of ether oxygens (including phenoxy) is 1. The molecule has 1 aromatic rings. The summed E-state index contributed by atoms with van der Waals surface area (Å²) in [6.45, 7) is 2.00. The van der Waals surface area contributed by atoms with Gasteiger partial charge in [0.15, 0.2) is 5.17 Å². The largest absolute Gasteiger partial charge is 0.462 e. The smallest absolute Gasteiger partial charge is 0.341 e. The first-order valence-corrected chi connectivity index (χ1v) is 9.93. The molecule has 2 N–H and O–H groups in total. The third kappa shape index (κ3) is 4.13. The van der Waals surface area contributed by atoms with E-state index in [1.165, 1.54) is 11.3 Å². The van der Waals surface area contributed by atoms with Crippen LogP contribution >= 0.6 is 23.1 Å². The van der Waals surface area contributed by atoms with Gasteiger partial charge in [0.05, 0.1) is 17.9 Å². The maximum atomic E-state index is 12.3. The summed E-state index contributed by atoms with van der Waals surface area (Å²) in [7, 11) is 0. The first kappa shape index (κ1) is 18.6. The second-order valence-corrected chi connectivity index (χ2v) is 7.72. The highest BCUT2D eigenvalue weighted by Crippen LogP contribution is 2.39. The van der Waals surface area contributed by atoms with Crippen molar-refractivity contribution in [2.75, 3.05) is 17.7 Å². The maximum absolute atomic E-state index is 12.3. The van der Waals surface area contributed by atoms with Crippen LogP contribution < -0.4 is 10.6 Å². The van der Waals surface area contributed by atoms with E-state index in [2.05, 4.69) is 15.6 Å². The molecule has 0 bridgehead atoms. The number of carbonyl (C=O) groups is 4. The number of nitrogens with one attached hydrogen (secondary N) is 2. The minimum atomic E-state index is -0.532. The number of amides is 3. The second kappa shape index (κ2) is 8.00. The Labute approximate surface area is 157 Å². The number of anilines is 1. The van der Waals surface area contributed by atoms with Crippen LogP contribution in [0.2, 0.25) is 0 Å². The molecule has 0 radical (unpaired) electrons. The molecule has 2 aliphatic rings. The van der Waals surface area contributed by atoms with Crippen LogP contribution in [0.3, 0.4) is 0 Å². The lowest BCUT2D eigenvalue weighted by Crippen LogP contribution is -2.35. The van der Waals surface area contributed by atoms with E-state index >= 15 is 0 Å². The van der Waals surface area contributed by atoms with E-state index in [1.54, 1.807) is 6.92 Å². The Morgan fingerprint density at radius 1 is 1.35 bits per heavy atom. The van der Waals surface area contributed by atoms with Gasteiger partial charge in [-0.25, -0.2) is 4.79 Å². The first-order valence-electron chi connectivity index (χ1n) is 8.13. The Bertz CT molecular complexity index is 815. The number of nitrogens with zero attached hydrogens (tertiary/aromatic N) is 1. The minimum Gasteiger partial charge on any atom is -0.462 e. The predicted molar refractivity (Wildman–Crippen MR) is 98.6 cm³/mol. The molecule has 0 saturated heterocycles. The number of carbonyl (C=O) groups excluding carboxylic acids is 4. The summed E-state index contributed by atoms with van der Waals surface area (Å²) < 4.78 is 5.12. The van der Waals surface area contributed by atoms with Crippen LogP contribution in [0, 0.1) is 0 Å². The van der Waals surface area contributed by atoms with Crippen LogP contribution in [0.5, 0.6) is 0 Å². The van der Waals surface area contributed by atoms with Crippen LogP contribution in [0.4, 0.5) is 5.00 Å². The van der Waals surface area contributed by atoms with Crippen molar-refractivity contribution in [1.82, 2.24) is 5.32 Å². The van der Waals surface area contributed by atoms with Gasteiger partial charge in [0.1, 0.15) is 11.4 Å². The Balaban J connectivity index is 1.67. The van der Waals surface area contributed by atoms with Gasteiger partial charge in [0, 0.05) is 4.88 Å². The lowest BCUT2D eigenvalue weighted by Gasteiger charge is -2.11. The fourth-order valence-electron chi connectivity index (χ4n) is 2.76. The molecule has 10 heteroatoms. The van der Waals surface area contributed by atoms with Crippen molar-refractivity contribution < 1.29 is 23.9 Å². The molecule has 8 nitrogen and oxygen atoms in total. The highest BCUT2D eigenvalue weighted by molar-refractivity contribution is 8.14. The molecule has 0 atom stereocenters. The number of hydrogen-bond donors (Lipinski definition) is 2. The Kier molecular flexibility index (Phi) is 5.72. The molecule has 3 rings (SSSR count). The van der Waals surface area contributed by atoms with Gasteiger partial charge in [-0.05, 0) is 31.7 Å². The molecular formula is C16H17N3O5S2. The number of amidine groups is 1. The van der Waals surface area contributed by atoms with Crippen molar-refractivity contribution in [2.45, 2.75) is 32.6 Å². The highest BCUT2D eigenvalue weighted by Gasteiger charge is 2.28. The second-order valence-electron chi connectivity index (χ2n) is 5.65. The zero-order valence-corrected chi connectivity index (χ0v) is 15.7. The maximum Gasteiger partial charge on any atom is 0.341 e. The molecule has 138 valence electrons. The standard InChI is InChI=1S/C16H17N3O5S2/c1-2-24-15(23)13-8-4-3-5-9(8)26-14(13)17-12(22)7-25-16-18-10(20)6-11(21)19-16/h2-7H2,1H3,(H,17,22)(H,18,19,20,21). The molecule has 0 fully saturated rings. The molecule has 1 aliphatic heterocycles. The summed E-state index contributed by atoms with van der Waals surface area (Å²) in [6.07, 6.45) is 2.41. The van der Waals surface area contributed by atoms with Crippen molar-refractivity contribution in [1.29, 1.82) is 0 Å². The van der Waals surface area contributed by atoms with Crippen molar-refractivity contribution in [3.63, 3.8) is 0 Å². The Morgan fingerprint density at radius 2 is 2.15 bits per heavy atom.